The standard InChI is InChI=1S/C30H28F3N5O4/c1-41-28(40)25-15-6-7-16(25)13-37(12-15)30-34-10-17(11-35-30)20-14-38-24(9-21(20)31)36-26-22(39)8-19(27(26)38)18-4-2-3-5-23(18)42-29(32)33/h2-5,9-11,14-16,19,22,25,29,39H,6-8,12-13H2,1H3/t15-,16+,19-,22-,25?/m1/s1. The van der Waals surface area contributed by atoms with Gasteiger partial charge in [0.15, 0.2) is 0 Å². The molecule has 9 nitrogen and oxygen atoms in total. The molecule has 2 aliphatic carbocycles. The Balaban J connectivity index is 1.21. The lowest BCUT2D eigenvalue weighted by atomic mass is 9.85. The second kappa shape index (κ2) is 10.3. The van der Waals surface area contributed by atoms with Crippen LogP contribution in [-0.2, 0) is 9.53 Å². The summed E-state index contributed by atoms with van der Waals surface area (Å²) in [5.74, 6) is -0.392. The van der Waals surface area contributed by atoms with Gasteiger partial charge in [-0.1, -0.05) is 18.2 Å². The number of methoxy groups -OCH3 is 1. The molecule has 0 radical (unpaired) electrons. The number of esters is 1. The van der Waals surface area contributed by atoms with Crippen molar-refractivity contribution >= 4 is 17.6 Å². The molecule has 7 rings (SSSR count). The average Bonchev–Trinajstić information content (AvgIpc) is 3.60. The van der Waals surface area contributed by atoms with Crippen LogP contribution in [0.2, 0.25) is 0 Å². The van der Waals surface area contributed by atoms with Gasteiger partial charge in [-0.2, -0.15) is 8.78 Å². The normalized spacial score (nSPS) is 24.8. The highest BCUT2D eigenvalue weighted by Gasteiger charge is 2.47. The summed E-state index contributed by atoms with van der Waals surface area (Å²) in [7, 11) is 1.42. The van der Waals surface area contributed by atoms with E-state index in [1.807, 2.05) is 0 Å². The molecular formula is C30H28F3N5O4. The Kier molecular flexibility index (Phi) is 6.52. The number of imidazole rings is 1. The van der Waals surface area contributed by atoms with Crippen LogP contribution in [0.25, 0.3) is 16.8 Å². The molecule has 3 aliphatic rings. The third-order valence-corrected chi connectivity index (χ3v) is 8.93. The summed E-state index contributed by atoms with van der Waals surface area (Å²) in [6.07, 6.45) is 5.90. The zero-order valence-electron chi connectivity index (χ0n) is 22.7. The predicted octanol–water partition coefficient (Wildman–Crippen LogP) is 4.74. The number of carbonyl (C=O) groups is 1. The minimum absolute atomic E-state index is 0.0166. The lowest BCUT2D eigenvalue weighted by molar-refractivity contribution is -0.148. The second-order valence-corrected chi connectivity index (χ2v) is 11.2. The summed E-state index contributed by atoms with van der Waals surface area (Å²) >= 11 is 0. The number of nitrogens with zero attached hydrogens (tertiary/aromatic N) is 5. The Bertz CT molecular complexity index is 1650. The molecule has 1 aliphatic heterocycles. The molecule has 1 saturated heterocycles. The first-order valence-corrected chi connectivity index (χ1v) is 13.9. The molecule has 4 aromatic rings. The summed E-state index contributed by atoms with van der Waals surface area (Å²) in [4.78, 5) is 27.9. The number of piperidine rings is 1. The molecule has 5 atom stereocenters. The van der Waals surface area contributed by atoms with Crippen molar-refractivity contribution < 1.29 is 32.5 Å². The Morgan fingerprint density at radius 1 is 1.12 bits per heavy atom. The van der Waals surface area contributed by atoms with Crippen LogP contribution in [0, 0.1) is 23.6 Å². The Morgan fingerprint density at radius 2 is 1.83 bits per heavy atom. The van der Waals surface area contributed by atoms with E-state index in [0.29, 0.717) is 47.2 Å². The van der Waals surface area contributed by atoms with Crippen LogP contribution in [-0.4, -0.2) is 57.2 Å². The molecule has 3 aromatic heterocycles. The fraction of sp³-hybridized carbons (Fsp3) is 0.400. The van der Waals surface area contributed by atoms with Gasteiger partial charge in [0.1, 0.15) is 17.2 Å². The smallest absolute Gasteiger partial charge is 0.387 e. The molecular weight excluding hydrogens is 551 g/mol. The number of hydrogen-bond acceptors (Lipinski definition) is 8. The molecule has 218 valence electrons. The lowest BCUT2D eigenvalue weighted by Crippen LogP contribution is -2.45. The maximum Gasteiger partial charge on any atom is 0.387 e. The number of fused-ring (bicyclic) bond motifs is 5. The average molecular weight is 580 g/mol. The quantitative estimate of drug-likeness (QED) is 0.327. The van der Waals surface area contributed by atoms with Gasteiger partial charge in [-0.05, 0) is 37.2 Å². The van der Waals surface area contributed by atoms with E-state index in [1.54, 1.807) is 41.2 Å². The highest BCUT2D eigenvalue weighted by Crippen LogP contribution is 2.47. The summed E-state index contributed by atoms with van der Waals surface area (Å²) < 4.78 is 53.1. The Hall–Kier alpha value is -4.19. The van der Waals surface area contributed by atoms with Gasteiger partial charge in [-0.15, -0.1) is 0 Å². The van der Waals surface area contributed by atoms with Crippen LogP contribution in [0.15, 0.2) is 48.9 Å². The SMILES string of the molecule is COC(=O)C1[C@@H]2CC[C@H]1CN(c1ncc(-c3cn4c5c(nc4cc3F)[C@H](O)C[C@@H]5c3ccccc3OC(F)F)cn1)C2. The van der Waals surface area contributed by atoms with Gasteiger partial charge in [0.05, 0.1) is 30.5 Å². The minimum atomic E-state index is -3.00. The number of pyridine rings is 1. The third kappa shape index (κ3) is 4.36. The number of para-hydroxylation sites is 1. The second-order valence-electron chi connectivity index (χ2n) is 11.2. The fourth-order valence-corrected chi connectivity index (χ4v) is 7.13. The molecule has 1 saturated carbocycles. The molecule has 2 bridgehead atoms. The number of aliphatic hydroxyl groups is 1. The zero-order chi connectivity index (χ0) is 29.1. The number of aromatic nitrogens is 4. The molecule has 0 amide bonds. The summed E-state index contributed by atoms with van der Waals surface area (Å²) in [6, 6.07) is 7.74. The highest BCUT2D eigenvalue weighted by atomic mass is 19.3. The van der Waals surface area contributed by atoms with Gasteiger partial charge in [0, 0.05) is 60.4 Å². The summed E-state index contributed by atoms with van der Waals surface area (Å²) in [5.41, 5.74) is 2.42. The van der Waals surface area contributed by atoms with Crippen LogP contribution in [0.3, 0.4) is 0 Å². The number of carbonyl (C=O) groups excluding carboxylic acids is 1. The van der Waals surface area contributed by atoms with Gasteiger partial charge >= 0.3 is 12.6 Å². The van der Waals surface area contributed by atoms with Crippen molar-refractivity contribution in [2.24, 2.45) is 17.8 Å². The molecule has 0 spiro atoms. The van der Waals surface area contributed by atoms with Gasteiger partial charge in [-0.3, -0.25) is 4.79 Å². The minimum Gasteiger partial charge on any atom is -0.469 e. The Labute approximate surface area is 238 Å². The van der Waals surface area contributed by atoms with Crippen molar-refractivity contribution in [2.45, 2.75) is 37.9 Å². The van der Waals surface area contributed by atoms with Crippen LogP contribution in [0.1, 0.15) is 48.2 Å². The third-order valence-electron chi connectivity index (χ3n) is 8.93. The Morgan fingerprint density at radius 3 is 2.52 bits per heavy atom. The predicted molar refractivity (Wildman–Crippen MR) is 145 cm³/mol. The van der Waals surface area contributed by atoms with E-state index in [9.17, 15) is 18.7 Å². The van der Waals surface area contributed by atoms with E-state index in [2.05, 4.69) is 19.9 Å². The first-order valence-electron chi connectivity index (χ1n) is 13.9. The first kappa shape index (κ1) is 26.7. The largest absolute Gasteiger partial charge is 0.469 e. The number of aliphatic hydroxyl groups excluding tert-OH is 1. The number of halogens is 3. The van der Waals surface area contributed by atoms with Crippen LogP contribution in [0.4, 0.5) is 19.1 Å². The lowest BCUT2D eigenvalue weighted by Gasteiger charge is -2.36. The summed E-state index contributed by atoms with van der Waals surface area (Å²) in [5, 5.41) is 10.8. The number of ether oxygens (including phenoxy) is 2. The van der Waals surface area contributed by atoms with Gasteiger partial charge in [0.25, 0.3) is 0 Å². The van der Waals surface area contributed by atoms with Gasteiger partial charge in [0.2, 0.25) is 5.95 Å². The molecule has 12 heteroatoms. The summed E-state index contributed by atoms with van der Waals surface area (Å²) in [6.45, 7) is -1.70. The van der Waals surface area contributed by atoms with E-state index >= 15 is 4.39 Å². The van der Waals surface area contributed by atoms with Crippen molar-refractivity contribution in [2.75, 3.05) is 25.1 Å². The molecule has 1 unspecified atom stereocenters. The topological polar surface area (TPSA) is 102 Å². The van der Waals surface area contributed by atoms with Crippen molar-refractivity contribution in [1.82, 2.24) is 19.4 Å². The van der Waals surface area contributed by atoms with Crippen molar-refractivity contribution in [3.63, 3.8) is 0 Å². The maximum absolute atomic E-state index is 15.4. The molecule has 1 N–H and O–H groups in total. The van der Waals surface area contributed by atoms with Crippen LogP contribution in [0.5, 0.6) is 5.75 Å². The molecule has 42 heavy (non-hydrogen) atoms. The van der Waals surface area contributed by atoms with Crippen LogP contribution >= 0.6 is 0 Å². The van der Waals surface area contributed by atoms with Crippen molar-refractivity contribution in [3.8, 4) is 16.9 Å². The highest BCUT2D eigenvalue weighted by molar-refractivity contribution is 5.74. The van der Waals surface area contributed by atoms with E-state index in [0.717, 1.165) is 12.8 Å². The van der Waals surface area contributed by atoms with Crippen molar-refractivity contribution in [1.29, 1.82) is 0 Å². The number of benzene rings is 1. The number of rotatable bonds is 6. The number of alkyl halides is 2. The van der Waals surface area contributed by atoms with Gasteiger partial charge < -0.3 is 23.9 Å². The maximum atomic E-state index is 15.4. The monoisotopic (exact) mass is 579 g/mol. The number of anilines is 1. The zero-order valence-corrected chi connectivity index (χ0v) is 22.7. The number of hydrogen-bond donors (Lipinski definition) is 1. The molecule has 4 heterocycles. The van der Waals surface area contributed by atoms with Crippen molar-refractivity contribution in [3.05, 3.63) is 71.7 Å². The first-order chi connectivity index (χ1) is 20.3. The fourth-order valence-electron chi connectivity index (χ4n) is 7.13. The van der Waals surface area contributed by atoms with Crippen LogP contribution < -0.4 is 9.64 Å². The van der Waals surface area contributed by atoms with Gasteiger partial charge in [-0.25, -0.2) is 19.3 Å². The molecule has 2 fully saturated rings. The van der Waals surface area contributed by atoms with E-state index in [4.69, 9.17) is 9.47 Å². The van der Waals surface area contributed by atoms with E-state index < -0.39 is 24.5 Å². The van der Waals surface area contributed by atoms with E-state index in [1.165, 1.54) is 19.2 Å². The molecule has 1 aromatic carbocycles. The van der Waals surface area contributed by atoms with E-state index in [-0.39, 0.29) is 41.5 Å².